The van der Waals surface area contributed by atoms with E-state index in [4.69, 9.17) is 0 Å². The van der Waals surface area contributed by atoms with Gasteiger partial charge in [0.2, 0.25) is 0 Å². The van der Waals surface area contributed by atoms with E-state index in [0.29, 0.717) is 6.04 Å². The number of rotatable bonds is 2. The Kier molecular flexibility index (Phi) is 2.92. The maximum Gasteiger partial charge on any atom is 0.0686 e. The molecule has 1 aliphatic rings. The molecule has 2 heterocycles. The van der Waals surface area contributed by atoms with E-state index in [1.54, 1.807) is 0 Å². The van der Waals surface area contributed by atoms with Crippen molar-refractivity contribution in [1.29, 1.82) is 0 Å². The second-order valence-corrected chi connectivity index (χ2v) is 5.64. The van der Waals surface area contributed by atoms with Gasteiger partial charge in [0.15, 0.2) is 0 Å². The van der Waals surface area contributed by atoms with E-state index in [0.717, 1.165) is 23.3 Å². The number of benzene rings is 1. The zero-order valence-corrected chi connectivity index (χ0v) is 11.5. The number of hydrogen-bond acceptors (Lipinski definition) is 2. The van der Waals surface area contributed by atoms with E-state index in [-0.39, 0.29) is 0 Å². The standard InChI is InChI=1S/C13H16BrN3/c1-9-12-7-10(14)4-5-13(12)17(16-9)8-11-3-2-6-15-11/h4-5,7,11,15H,2-3,6,8H2,1H3. The lowest BCUT2D eigenvalue weighted by molar-refractivity contribution is 0.484. The minimum atomic E-state index is 0.584. The summed E-state index contributed by atoms with van der Waals surface area (Å²) in [5, 5.41) is 9.42. The molecule has 90 valence electrons. The average molecular weight is 294 g/mol. The van der Waals surface area contributed by atoms with Crippen LogP contribution in [0.25, 0.3) is 10.9 Å². The predicted octanol–water partition coefficient (Wildman–Crippen LogP) is 2.86. The van der Waals surface area contributed by atoms with Gasteiger partial charge in [-0.25, -0.2) is 0 Å². The molecule has 1 aromatic heterocycles. The fourth-order valence-electron chi connectivity index (χ4n) is 2.57. The van der Waals surface area contributed by atoms with Crippen LogP contribution in [0.1, 0.15) is 18.5 Å². The van der Waals surface area contributed by atoms with Crippen LogP contribution in [0.2, 0.25) is 0 Å². The minimum absolute atomic E-state index is 0.584. The van der Waals surface area contributed by atoms with E-state index in [2.05, 4.69) is 56.2 Å². The molecule has 0 bridgehead atoms. The van der Waals surface area contributed by atoms with Crippen molar-refractivity contribution in [3.8, 4) is 0 Å². The molecule has 1 N–H and O–H groups in total. The van der Waals surface area contributed by atoms with Crippen LogP contribution in [0.4, 0.5) is 0 Å². The van der Waals surface area contributed by atoms with Gasteiger partial charge in [0, 0.05) is 15.9 Å². The first-order valence-electron chi connectivity index (χ1n) is 6.10. The Labute approximate surface area is 109 Å². The zero-order valence-electron chi connectivity index (χ0n) is 9.91. The zero-order chi connectivity index (χ0) is 11.8. The second kappa shape index (κ2) is 4.42. The highest BCUT2D eigenvalue weighted by molar-refractivity contribution is 9.10. The molecule has 0 spiro atoms. The van der Waals surface area contributed by atoms with Crippen LogP contribution in [0, 0.1) is 6.92 Å². The van der Waals surface area contributed by atoms with Crippen LogP contribution in [0.15, 0.2) is 22.7 Å². The molecule has 0 amide bonds. The summed E-state index contributed by atoms with van der Waals surface area (Å²) in [5.41, 5.74) is 2.35. The normalized spacial score (nSPS) is 20.2. The fraction of sp³-hybridized carbons (Fsp3) is 0.462. The number of hydrogen-bond donors (Lipinski definition) is 1. The molecular formula is C13H16BrN3. The first-order chi connectivity index (χ1) is 8.24. The van der Waals surface area contributed by atoms with Crippen molar-refractivity contribution in [2.75, 3.05) is 6.54 Å². The molecule has 1 saturated heterocycles. The second-order valence-electron chi connectivity index (χ2n) is 4.72. The highest BCUT2D eigenvalue weighted by Gasteiger charge is 2.16. The van der Waals surface area contributed by atoms with Crippen LogP contribution < -0.4 is 5.32 Å². The lowest BCUT2D eigenvalue weighted by atomic mass is 10.2. The van der Waals surface area contributed by atoms with Crippen LogP contribution in [0.5, 0.6) is 0 Å². The van der Waals surface area contributed by atoms with Gasteiger partial charge < -0.3 is 5.32 Å². The van der Waals surface area contributed by atoms with E-state index >= 15 is 0 Å². The fourth-order valence-corrected chi connectivity index (χ4v) is 2.93. The summed E-state index contributed by atoms with van der Waals surface area (Å²) in [6, 6.07) is 6.97. The van der Waals surface area contributed by atoms with Gasteiger partial charge in [-0.3, -0.25) is 4.68 Å². The van der Waals surface area contributed by atoms with Crippen molar-refractivity contribution < 1.29 is 0 Å². The lowest BCUT2D eigenvalue weighted by Gasteiger charge is -2.10. The van der Waals surface area contributed by atoms with Crippen molar-refractivity contribution >= 4 is 26.8 Å². The Bertz CT molecular complexity index is 541. The topological polar surface area (TPSA) is 29.9 Å². The molecule has 1 unspecified atom stereocenters. The SMILES string of the molecule is Cc1nn(CC2CCCN2)c2ccc(Br)cc12. The van der Waals surface area contributed by atoms with Gasteiger partial charge >= 0.3 is 0 Å². The van der Waals surface area contributed by atoms with Gasteiger partial charge in [-0.2, -0.15) is 5.10 Å². The number of aromatic nitrogens is 2. The minimum Gasteiger partial charge on any atom is -0.312 e. The Balaban J connectivity index is 1.98. The van der Waals surface area contributed by atoms with E-state index in [1.807, 2.05) is 0 Å². The molecule has 3 nitrogen and oxygen atoms in total. The number of nitrogens with one attached hydrogen (secondary N) is 1. The van der Waals surface area contributed by atoms with Crippen molar-refractivity contribution in [2.24, 2.45) is 0 Å². The van der Waals surface area contributed by atoms with Crippen LogP contribution >= 0.6 is 15.9 Å². The van der Waals surface area contributed by atoms with Gasteiger partial charge in [-0.05, 0) is 44.5 Å². The largest absolute Gasteiger partial charge is 0.312 e. The van der Waals surface area contributed by atoms with Gasteiger partial charge in [0.05, 0.1) is 17.8 Å². The molecule has 0 radical (unpaired) electrons. The molecule has 0 saturated carbocycles. The summed E-state index contributed by atoms with van der Waals surface area (Å²) in [6.45, 7) is 4.20. The summed E-state index contributed by atoms with van der Waals surface area (Å²) >= 11 is 3.51. The van der Waals surface area contributed by atoms with E-state index in [1.165, 1.54) is 23.7 Å². The summed E-state index contributed by atoms with van der Waals surface area (Å²) in [7, 11) is 0. The molecule has 1 aliphatic heterocycles. The summed E-state index contributed by atoms with van der Waals surface area (Å²) in [5.74, 6) is 0. The highest BCUT2D eigenvalue weighted by Crippen LogP contribution is 2.23. The predicted molar refractivity (Wildman–Crippen MR) is 73.2 cm³/mol. The Morgan fingerprint density at radius 1 is 1.53 bits per heavy atom. The van der Waals surface area contributed by atoms with Crippen LogP contribution in [0.3, 0.4) is 0 Å². The van der Waals surface area contributed by atoms with E-state index in [9.17, 15) is 0 Å². The third-order valence-corrected chi connectivity index (χ3v) is 3.95. The molecule has 1 atom stereocenters. The van der Waals surface area contributed by atoms with Gasteiger partial charge in [0.1, 0.15) is 0 Å². The average Bonchev–Trinajstić information content (AvgIpc) is 2.89. The molecule has 17 heavy (non-hydrogen) atoms. The van der Waals surface area contributed by atoms with Crippen LogP contribution in [-0.4, -0.2) is 22.4 Å². The third-order valence-electron chi connectivity index (χ3n) is 3.45. The molecule has 0 aliphatic carbocycles. The Morgan fingerprint density at radius 2 is 2.41 bits per heavy atom. The maximum absolute atomic E-state index is 4.65. The summed E-state index contributed by atoms with van der Waals surface area (Å²) in [6.07, 6.45) is 2.55. The third kappa shape index (κ3) is 2.11. The van der Waals surface area contributed by atoms with Gasteiger partial charge in [-0.1, -0.05) is 15.9 Å². The van der Waals surface area contributed by atoms with Crippen molar-refractivity contribution in [1.82, 2.24) is 15.1 Å². The highest BCUT2D eigenvalue weighted by atomic mass is 79.9. The molecule has 4 heteroatoms. The molecule has 1 aromatic carbocycles. The number of fused-ring (bicyclic) bond motifs is 1. The number of nitrogens with zero attached hydrogens (tertiary/aromatic N) is 2. The monoisotopic (exact) mass is 293 g/mol. The van der Waals surface area contributed by atoms with Crippen molar-refractivity contribution in [2.45, 2.75) is 32.4 Å². The van der Waals surface area contributed by atoms with E-state index < -0.39 is 0 Å². The Hall–Kier alpha value is -0.870. The lowest BCUT2D eigenvalue weighted by Crippen LogP contribution is -2.27. The van der Waals surface area contributed by atoms with Crippen molar-refractivity contribution in [3.05, 3.63) is 28.4 Å². The van der Waals surface area contributed by atoms with Crippen LogP contribution in [-0.2, 0) is 6.54 Å². The van der Waals surface area contributed by atoms with Crippen molar-refractivity contribution in [3.63, 3.8) is 0 Å². The summed E-state index contributed by atoms with van der Waals surface area (Å²) in [4.78, 5) is 0. The molecule has 1 fully saturated rings. The molecular weight excluding hydrogens is 278 g/mol. The van der Waals surface area contributed by atoms with Gasteiger partial charge in [-0.15, -0.1) is 0 Å². The summed E-state index contributed by atoms with van der Waals surface area (Å²) < 4.78 is 3.26. The van der Waals surface area contributed by atoms with Gasteiger partial charge in [0.25, 0.3) is 0 Å². The first-order valence-corrected chi connectivity index (χ1v) is 6.89. The maximum atomic E-state index is 4.65. The smallest absolute Gasteiger partial charge is 0.0686 e. The number of halogens is 1. The first kappa shape index (κ1) is 11.2. The Morgan fingerprint density at radius 3 is 3.18 bits per heavy atom. The quantitative estimate of drug-likeness (QED) is 0.923. The molecule has 3 rings (SSSR count). The molecule has 2 aromatic rings. The number of aryl methyl sites for hydroxylation is 1.